The van der Waals surface area contributed by atoms with E-state index in [4.69, 9.17) is 16.3 Å². The molecule has 2 amide bonds. The molecule has 2 N–H and O–H groups in total. The van der Waals surface area contributed by atoms with Gasteiger partial charge in [-0.15, -0.1) is 0 Å². The summed E-state index contributed by atoms with van der Waals surface area (Å²) >= 11 is 5.93. The highest BCUT2D eigenvalue weighted by Crippen LogP contribution is 2.19. The van der Waals surface area contributed by atoms with E-state index in [2.05, 4.69) is 15.6 Å². The number of benzene rings is 1. The van der Waals surface area contributed by atoms with E-state index in [-0.39, 0.29) is 12.1 Å². The van der Waals surface area contributed by atoms with E-state index >= 15 is 0 Å². The lowest BCUT2D eigenvalue weighted by molar-refractivity contribution is 0.181. The number of amides is 2. The number of pyridine rings is 1. The number of aryl methyl sites for hydroxylation is 1. The van der Waals surface area contributed by atoms with E-state index in [1.165, 1.54) is 0 Å². The fraction of sp³-hybridized carbons (Fsp3) is 0.333. The van der Waals surface area contributed by atoms with Crippen molar-refractivity contribution in [3.63, 3.8) is 0 Å². The number of rotatable bonds is 7. The van der Waals surface area contributed by atoms with Gasteiger partial charge in [0.2, 0.25) is 0 Å². The number of hydrogen-bond acceptors (Lipinski definition) is 3. The van der Waals surface area contributed by atoms with E-state index in [1.54, 1.807) is 13.3 Å². The summed E-state index contributed by atoms with van der Waals surface area (Å²) in [6.07, 6.45) is 2.39. The van der Waals surface area contributed by atoms with E-state index in [0.717, 1.165) is 16.8 Å². The van der Waals surface area contributed by atoms with Crippen LogP contribution in [0.25, 0.3) is 0 Å². The van der Waals surface area contributed by atoms with Gasteiger partial charge in [0.05, 0.1) is 18.3 Å². The Kier molecular flexibility index (Phi) is 7.03. The molecule has 0 saturated carbocycles. The molecule has 2 aromatic rings. The Morgan fingerprint density at radius 1 is 1.29 bits per heavy atom. The molecule has 128 valence electrons. The van der Waals surface area contributed by atoms with Crippen molar-refractivity contribution in [1.29, 1.82) is 0 Å². The lowest BCUT2D eigenvalue weighted by atomic mass is 10.0. The largest absolute Gasteiger partial charge is 0.385 e. The molecule has 0 radical (unpaired) electrons. The number of urea groups is 1. The third-order valence-corrected chi connectivity index (χ3v) is 3.97. The molecule has 0 spiro atoms. The predicted molar refractivity (Wildman–Crippen MR) is 95.0 cm³/mol. The smallest absolute Gasteiger partial charge is 0.315 e. The Labute approximate surface area is 147 Å². The minimum Gasteiger partial charge on any atom is -0.385 e. The number of halogens is 1. The van der Waals surface area contributed by atoms with Crippen LogP contribution >= 0.6 is 11.6 Å². The molecule has 0 bridgehead atoms. The number of nitrogens with one attached hydrogen (secondary N) is 2. The molecule has 0 unspecified atom stereocenters. The van der Waals surface area contributed by atoms with Crippen LogP contribution in [0, 0.1) is 6.92 Å². The summed E-state index contributed by atoms with van der Waals surface area (Å²) in [7, 11) is 1.64. The van der Waals surface area contributed by atoms with Gasteiger partial charge in [0.1, 0.15) is 0 Å². The summed E-state index contributed by atoms with van der Waals surface area (Å²) in [5.41, 5.74) is 2.89. The molecule has 24 heavy (non-hydrogen) atoms. The molecule has 0 fully saturated rings. The maximum absolute atomic E-state index is 12.2. The van der Waals surface area contributed by atoms with Crippen molar-refractivity contribution in [3.8, 4) is 0 Å². The quantitative estimate of drug-likeness (QED) is 0.804. The fourth-order valence-corrected chi connectivity index (χ4v) is 2.46. The fourth-order valence-electron chi connectivity index (χ4n) is 2.33. The van der Waals surface area contributed by atoms with Crippen molar-refractivity contribution >= 4 is 17.6 Å². The summed E-state index contributed by atoms with van der Waals surface area (Å²) in [5, 5.41) is 6.49. The second kappa shape index (κ2) is 9.25. The Morgan fingerprint density at radius 3 is 2.71 bits per heavy atom. The van der Waals surface area contributed by atoms with Crippen LogP contribution in [-0.2, 0) is 11.3 Å². The van der Waals surface area contributed by atoms with Gasteiger partial charge >= 0.3 is 6.03 Å². The van der Waals surface area contributed by atoms with E-state index in [0.29, 0.717) is 24.6 Å². The van der Waals surface area contributed by atoms with Crippen molar-refractivity contribution in [2.45, 2.75) is 25.9 Å². The first kappa shape index (κ1) is 18.2. The predicted octanol–water partition coefficient (Wildman–Crippen LogP) is 3.62. The highest BCUT2D eigenvalue weighted by Gasteiger charge is 2.14. The number of carbonyl (C=O) groups excluding carboxylic acids is 1. The van der Waals surface area contributed by atoms with E-state index < -0.39 is 0 Å². The molecular weight excluding hydrogens is 326 g/mol. The van der Waals surface area contributed by atoms with E-state index in [1.807, 2.05) is 43.3 Å². The van der Waals surface area contributed by atoms with Gasteiger partial charge in [-0.25, -0.2) is 4.79 Å². The average Bonchev–Trinajstić information content (AvgIpc) is 2.58. The normalized spacial score (nSPS) is 11.8. The molecule has 1 heterocycles. The molecule has 2 rings (SSSR count). The maximum atomic E-state index is 12.2. The molecule has 1 aromatic heterocycles. The average molecular weight is 348 g/mol. The summed E-state index contributed by atoms with van der Waals surface area (Å²) in [6, 6.07) is 10.9. The lowest BCUT2D eigenvalue weighted by Gasteiger charge is -2.19. The van der Waals surface area contributed by atoms with Gasteiger partial charge in [-0.1, -0.05) is 29.8 Å². The van der Waals surface area contributed by atoms with Crippen molar-refractivity contribution in [2.75, 3.05) is 13.7 Å². The molecule has 5 nitrogen and oxygen atoms in total. The molecular formula is C18H22ClN3O2. The minimum absolute atomic E-state index is 0.146. The maximum Gasteiger partial charge on any atom is 0.315 e. The van der Waals surface area contributed by atoms with Crippen LogP contribution in [0.2, 0.25) is 5.02 Å². The molecule has 1 atom stereocenters. The topological polar surface area (TPSA) is 63.2 Å². The second-order valence-corrected chi connectivity index (χ2v) is 5.92. The molecule has 6 heteroatoms. The monoisotopic (exact) mass is 347 g/mol. The molecule has 0 aliphatic carbocycles. The van der Waals surface area contributed by atoms with Crippen molar-refractivity contribution in [1.82, 2.24) is 15.6 Å². The van der Waals surface area contributed by atoms with Gasteiger partial charge in [-0.2, -0.15) is 0 Å². The van der Waals surface area contributed by atoms with Crippen LogP contribution in [0.5, 0.6) is 0 Å². The second-order valence-electron chi connectivity index (χ2n) is 5.48. The number of ether oxygens (including phenoxy) is 1. The van der Waals surface area contributed by atoms with E-state index in [9.17, 15) is 4.79 Å². The summed E-state index contributed by atoms with van der Waals surface area (Å²) < 4.78 is 5.14. The summed E-state index contributed by atoms with van der Waals surface area (Å²) in [6.45, 7) is 2.90. The molecule has 0 saturated heterocycles. The molecule has 0 aliphatic rings. The van der Waals surface area contributed by atoms with Gasteiger partial charge < -0.3 is 15.4 Å². The van der Waals surface area contributed by atoms with Crippen LogP contribution in [0.15, 0.2) is 42.6 Å². The van der Waals surface area contributed by atoms with Crippen LogP contribution in [0.1, 0.15) is 29.3 Å². The summed E-state index contributed by atoms with van der Waals surface area (Å²) in [5.74, 6) is 0. The minimum atomic E-state index is -0.240. The molecule has 0 aliphatic heterocycles. The Hall–Kier alpha value is -2.11. The van der Waals surface area contributed by atoms with Crippen LogP contribution < -0.4 is 10.6 Å². The molecule has 1 aromatic carbocycles. The number of aromatic nitrogens is 1. The van der Waals surface area contributed by atoms with Crippen molar-refractivity contribution in [3.05, 3.63) is 64.4 Å². The van der Waals surface area contributed by atoms with Gasteiger partial charge in [-0.3, -0.25) is 4.98 Å². The van der Waals surface area contributed by atoms with Gasteiger partial charge in [-0.05, 0) is 42.7 Å². The third-order valence-electron chi connectivity index (χ3n) is 3.72. The number of methoxy groups -OCH3 is 1. The van der Waals surface area contributed by atoms with Gasteiger partial charge in [0.25, 0.3) is 0 Å². The zero-order valence-corrected chi connectivity index (χ0v) is 14.6. The summed E-state index contributed by atoms with van der Waals surface area (Å²) in [4.78, 5) is 16.5. The number of carbonyl (C=O) groups is 1. The standard InChI is InChI=1S/C18H22ClN3O2/c1-13-4-3-10-20-17(13)12-21-18(23)22-16(9-11-24-2)14-5-7-15(19)8-6-14/h3-8,10,16H,9,11-12H2,1-2H3,(H2,21,22,23)/t16-/m1/s1. The zero-order chi connectivity index (χ0) is 17.4. The number of nitrogens with zero attached hydrogens (tertiary/aromatic N) is 1. The van der Waals surface area contributed by atoms with Crippen LogP contribution in [0.3, 0.4) is 0 Å². The zero-order valence-electron chi connectivity index (χ0n) is 13.9. The SMILES string of the molecule is COCC[C@@H](NC(=O)NCc1ncccc1C)c1ccc(Cl)cc1. The Bertz CT molecular complexity index is 662. The Balaban J connectivity index is 1.96. The first-order valence-electron chi connectivity index (χ1n) is 7.79. The van der Waals surface area contributed by atoms with Crippen molar-refractivity contribution < 1.29 is 9.53 Å². The van der Waals surface area contributed by atoms with Crippen LogP contribution in [-0.4, -0.2) is 24.7 Å². The Morgan fingerprint density at radius 2 is 2.04 bits per heavy atom. The highest BCUT2D eigenvalue weighted by molar-refractivity contribution is 6.30. The lowest BCUT2D eigenvalue weighted by Crippen LogP contribution is -2.38. The van der Waals surface area contributed by atoms with Gasteiger partial charge in [0.15, 0.2) is 0 Å². The number of hydrogen-bond donors (Lipinski definition) is 2. The van der Waals surface area contributed by atoms with Gasteiger partial charge in [0, 0.05) is 24.9 Å². The van der Waals surface area contributed by atoms with Crippen LogP contribution in [0.4, 0.5) is 4.79 Å². The highest BCUT2D eigenvalue weighted by atomic mass is 35.5. The first-order valence-corrected chi connectivity index (χ1v) is 8.17. The van der Waals surface area contributed by atoms with Crippen molar-refractivity contribution in [2.24, 2.45) is 0 Å². The third kappa shape index (κ3) is 5.51. The first-order chi connectivity index (χ1) is 11.6.